The molecule has 3 rings (SSSR count). The highest BCUT2D eigenvalue weighted by atomic mass is 16.5. The average Bonchev–Trinajstić information content (AvgIpc) is 3.15. The van der Waals surface area contributed by atoms with Crippen LogP contribution < -0.4 is 4.74 Å². The normalized spacial score (nSPS) is 17.5. The first-order valence-electron chi connectivity index (χ1n) is 9.09. The number of nitrogens with zero attached hydrogens (tertiary/aromatic N) is 3. The number of rotatable bonds is 6. The van der Waals surface area contributed by atoms with Crippen molar-refractivity contribution < 1.29 is 9.53 Å². The van der Waals surface area contributed by atoms with Crippen molar-refractivity contribution in [2.45, 2.75) is 52.1 Å². The summed E-state index contributed by atoms with van der Waals surface area (Å²) >= 11 is 0. The van der Waals surface area contributed by atoms with Crippen LogP contribution in [0.1, 0.15) is 36.8 Å². The fraction of sp³-hybridized carbons (Fsp3) is 0.500. The summed E-state index contributed by atoms with van der Waals surface area (Å²) in [5.41, 5.74) is 2.28. The van der Waals surface area contributed by atoms with Gasteiger partial charge in [-0.1, -0.05) is 12.1 Å². The first-order valence-corrected chi connectivity index (χ1v) is 9.09. The van der Waals surface area contributed by atoms with Crippen molar-refractivity contribution in [1.29, 1.82) is 0 Å². The predicted octanol–water partition coefficient (Wildman–Crippen LogP) is 3.35. The van der Waals surface area contributed by atoms with Gasteiger partial charge < -0.3 is 14.2 Å². The zero-order valence-corrected chi connectivity index (χ0v) is 15.1. The van der Waals surface area contributed by atoms with Gasteiger partial charge in [0.15, 0.2) is 6.61 Å². The van der Waals surface area contributed by atoms with Crippen molar-refractivity contribution >= 4 is 5.91 Å². The summed E-state index contributed by atoms with van der Waals surface area (Å²) < 4.78 is 7.90. The number of ether oxygens (including phenoxy) is 1. The number of hydrogen-bond donors (Lipinski definition) is 0. The fourth-order valence-electron chi connectivity index (χ4n) is 3.45. The third-order valence-corrected chi connectivity index (χ3v) is 5.13. The molecule has 5 heteroatoms. The van der Waals surface area contributed by atoms with Gasteiger partial charge in [-0.25, -0.2) is 4.98 Å². The number of aryl methyl sites for hydroxylation is 2. The number of likely N-dealkylation sites (tertiary alicyclic amines) is 1. The predicted molar refractivity (Wildman–Crippen MR) is 97.6 cm³/mol. The quantitative estimate of drug-likeness (QED) is 0.809. The minimum Gasteiger partial charge on any atom is -0.483 e. The SMILES string of the molecule is Cc1cccc(OCC(=O)N2CCCCC2CCn2ccnc2)c1C. The van der Waals surface area contributed by atoms with Crippen LogP contribution in [-0.4, -0.2) is 39.6 Å². The lowest BCUT2D eigenvalue weighted by atomic mass is 9.99. The highest BCUT2D eigenvalue weighted by Gasteiger charge is 2.26. The van der Waals surface area contributed by atoms with Crippen LogP contribution in [0, 0.1) is 13.8 Å². The minimum absolute atomic E-state index is 0.0937. The molecule has 0 radical (unpaired) electrons. The molecule has 1 aliphatic heterocycles. The second-order valence-corrected chi connectivity index (χ2v) is 6.81. The Hall–Kier alpha value is -2.30. The number of piperidine rings is 1. The highest BCUT2D eigenvalue weighted by Crippen LogP contribution is 2.23. The van der Waals surface area contributed by atoms with E-state index >= 15 is 0 Å². The van der Waals surface area contributed by atoms with Crippen molar-refractivity contribution in [2.24, 2.45) is 0 Å². The summed E-state index contributed by atoms with van der Waals surface area (Å²) in [6, 6.07) is 6.26. The van der Waals surface area contributed by atoms with Gasteiger partial charge in [0.1, 0.15) is 5.75 Å². The third kappa shape index (κ3) is 4.41. The number of amides is 1. The Morgan fingerprint density at radius 2 is 2.20 bits per heavy atom. The molecule has 0 aliphatic carbocycles. The highest BCUT2D eigenvalue weighted by molar-refractivity contribution is 5.78. The minimum atomic E-state index is 0.0937. The Morgan fingerprint density at radius 3 is 3.00 bits per heavy atom. The first-order chi connectivity index (χ1) is 12.1. The zero-order chi connectivity index (χ0) is 17.6. The summed E-state index contributed by atoms with van der Waals surface area (Å²) in [5, 5.41) is 0. The number of hydrogen-bond acceptors (Lipinski definition) is 3. The summed E-state index contributed by atoms with van der Waals surface area (Å²) in [7, 11) is 0. The molecular formula is C20H27N3O2. The molecule has 1 aromatic heterocycles. The lowest BCUT2D eigenvalue weighted by Gasteiger charge is -2.36. The summed E-state index contributed by atoms with van der Waals surface area (Å²) in [4.78, 5) is 18.8. The Kier molecular flexibility index (Phi) is 5.74. The third-order valence-electron chi connectivity index (χ3n) is 5.13. The molecule has 0 N–H and O–H groups in total. The second-order valence-electron chi connectivity index (χ2n) is 6.81. The van der Waals surface area contributed by atoms with Crippen molar-refractivity contribution in [3.05, 3.63) is 48.0 Å². The standard InChI is InChI=1S/C20H27N3O2/c1-16-6-5-8-19(17(16)2)25-14-20(24)23-11-4-3-7-18(23)9-12-22-13-10-21-15-22/h5-6,8,10,13,15,18H,3-4,7,9,11-12,14H2,1-2H3. The maximum Gasteiger partial charge on any atom is 0.260 e. The van der Waals surface area contributed by atoms with E-state index in [1.807, 2.05) is 36.5 Å². The number of carbonyl (C=O) groups is 1. The number of carbonyl (C=O) groups excluding carboxylic acids is 1. The van der Waals surface area contributed by atoms with Gasteiger partial charge in [-0.15, -0.1) is 0 Å². The molecule has 2 heterocycles. The van der Waals surface area contributed by atoms with Crippen molar-refractivity contribution in [3.8, 4) is 5.75 Å². The van der Waals surface area contributed by atoms with E-state index < -0.39 is 0 Å². The second kappa shape index (κ2) is 8.19. The van der Waals surface area contributed by atoms with Crippen molar-refractivity contribution in [2.75, 3.05) is 13.2 Å². The molecule has 25 heavy (non-hydrogen) atoms. The Balaban J connectivity index is 1.57. The largest absolute Gasteiger partial charge is 0.483 e. The van der Waals surface area contributed by atoms with Crippen LogP contribution in [0.2, 0.25) is 0 Å². The monoisotopic (exact) mass is 341 g/mol. The molecule has 1 amide bonds. The van der Waals surface area contributed by atoms with E-state index in [0.29, 0.717) is 6.04 Å². The molecule has 1 aliphatic rings. The first kappa shape index (κ1) is 17.5. The van der Waals surface area contributed by atoms with E-state index in [2.05, 4.69) is 22.5 Å². The topological polar surface area (TPSA) is 47.4 Å². The van der Waals surface area contributed by atoms with Gasteiger partial charge in [0.25, 0.3) is 5.91 Å². The Labute approximate surface area is 149 Å². The van der Waals surface area contributed by atoms with Crippen molar-refractivity contribution in [1.82, 2.24) is 14.5 Å². The van der Waals surface area contributed by atoms with Crippen LogP contribution in [0.25, 0.3) is 0 Å². The number of benzene rings is 1. The van der Waals surface area contributed by atoms with Gasteiger partial charge in [-0.3, -0.25) is 4.79 Å². The summed E-state index contributed by atoms with van der Waals surface area (Å²) in [6.07, 6.45) is 9.90. The molecule has 1 saturated heterocycles. The van der Waals surface area contributed by atoms with Crippen molar-refractivity contribution in [3.63, 3.8) is 0 Å². The number of aromatic nitrogens is 2. The lowest BCUT2D eigenvalue weighted by Crippen LogP contribution is -2.46. The zero-order valence-electron chi connectivity index (χ0n) is 15.1. The molecule has 1 atom stereocenters. The maximum atomic E-state index is 12.7. The van der Waals surface area contributed by atoms with Crippen LogP contribution in [0.5, 0.6) is 5.75 Å². The van der Waals surface area contributed by atoms with Crippen LogP contribution in [0.4, 0.5) is 0 Å². The fourth-order valence-corrected chi connectivity index (χ4v) is 3.45. The smallest absolute Gasteiger partial charge is 0.260 e. The van der Waals surface area contributed by atoms with Gasteiger partial charge in [-0.2, -0.15) is 0 Å². The summed E-state index contributed by atoms with van der Waals surface area (Å²) in [6.45, 7) is 5.94. The molecule has 0 saturated carbocycles. The molecule has 1 unspecified atom stereocenters. The molecule has 2 aromatic rings. The molecule has 1 fully saturated rings. The van der Waals surface area contributed by atoms with Gasteiger partial charge in [0.05, 0.1) is 6.33 Å². The Bertz CT molecular complexity index is 697. The van der Waals surface area contributed by atoms with E-state index in [4.69, 9.17) is 4.74 Å². The summed E-state index contributed by atoms with van der Waals surface area (Å²) in [5.74, 6) is 0.900. The van der Waals surface area contributed by atoms with E-state index in [1.54, 1.807) is 6.20 Å². The van der Waals surface area contributed by atoms with E-state index in [0.717, 1.165) is 43.7 Å². The molecule has 0 bridgehead atoms. The van der Waals surface area contributed by atoms with Crippen LogP contribution in [0.15, 0.2) is 36.9 Å². The van der Waals surface area contributed by atoms with E-state index in [1.165, 1.54) is 12.0 Å². The lowest BCUT2D eigenvalue weighted by molar-refractivity contribution is -0.137. The van der Waals surface area contributed by atoms with Gasteiger partial charge in [0.2, 0.25) is 0 Å². The molecule has 1 aromatic carbocycles. The van der Waals surface area contributed by atoms with E-state index in [-0.39, 0.29) is 12.5 Å². The average molecular weight is 341 g/mol. The number of imidazole rings is 1. The van der Waals surface area contributed by atoms with E-state index in [9.17, 15) is 4.79 Å². The van der Waals surface area contributed by atoms with Gasteiger partial charge in [0, 0.05) is 31.5 Å². The molecular weight excluding hydrogens is 314 g/mol. The van der Waals surface area contributed by atoms with Gasteiger partial charge in [-0.05, 0) is 56.7 Å². The van der Waals surface area contributed by atoms with Crippen LogP contribution >= 0.6 is 0 Å². The van der Waals surface area contributed by atoms with Crippen LogP contribution in [0.3, 0.4) is 0 Å². The van der Waals surface area contributed by atoms with Gasteiger partial charge >= 0.3 is 0 Å². The maximum absolute atomic E-state index is 12.7. The Morgan fingerprint density at radius 1 is 1.32 bits per heavy atom. The molecule has 134 valence electrons. The van der Waals surface area contributed by atoms with Crippen LogP contribution in [-0.2, 0) is 11.3 Å². The molecule has 0 spiro atoms. The molecule has 5 nitrogen and oxygen atoms in total.